The first-order chi connectivity index (χ1) is 21.8. The van der Waals surface area contributed by atoms with Gasteiger partial charge in [0.05, 0.1) is 88.8 Å². The summed E-state index contributed by atoms with van der Waals surface area (Å²) in [7, 11) is 14.9. The molecule has 0 saturated heterocycles. The fourth-order valence-corrected chi connectivity index (χ4v) is 4.39. The molecule has 0 fully saturated rings. The van der Waals surface area contributed by atoms with Crippen LogP contribution >= 0.6 is 0 Å². The average Bonchev–Trinajstić information content (AvgIpc) is 2.99. The van der Waals surface area contributed by atoms with Gasteiger partial charge in [-0.3, -0.25) is 0 Å². The van der Waals surface area contributed by atoms with Crippen molar-refractivity contribution < 1.29 is 32.3 Å². The zero-order valence-corrected chi connectivity index (χ0v) is 31.3. The van der Waals surface area contributed by atoms with E-state index in [1.165, 1.54) is 67.7 Å². The highest BCUT2D eigenvalue weighted by Crippen LogP contribution is 2.08. The Labute approximate surface area is 286 Å². The maximum absolute atomic E-state index is 10.1. The minimum Gasteiger partial charge on any atom is -0.851 e. The molecule has 0 aliphatic carbocycles. The molecule has 0 heterocycles. The van der Waals surface area contributed by atoms with Crippen molar-refractivity contribution in [1.82, 2.24) is 0 Å². The molecule has 0 N–H and O–H groups in total. The molecule has 0 aromatic heterocycles. The first-order valence-electron chi connectivity index (χ1n) is 16.2. The molecule has 4 aromatic rings. The molecule has 7 nitrogen and oxygen atoms in total. The number of hydrogen-bond acceptors (Lipinski definition) is 4. The van der Waals surface area contributed by atoms with Crippen LogP contribution in [0, 0.1) is 0 Å². The minimum absolute atomic E-state index is 0.0548. The second-order valence-corrected chi connectivity index (χ2v) is 15.9. The van der Waals surface area contributed by atoms with Crippen LogP contribution in [0.2, 0.25) is 0 Å². The van der Waals surface area contributed by atoms with Gasteiger partial charge in [-0.15, -0.1) is 0 Å². The summed E-state index contributed by atoms with van der Waals surface area (Å²) >= 11 is 0. The molecule has 0 amide bonds. The Morgan fingerprint density at radius 1 is 0.404 bits per heavy atom. The number of likely N-dealkylation sites (N-methyl/N-ethyl adjacent to an activating group) is 3. The topological polar surface area (TPSA) is 78.4 Å². The number of hydrogen-bond donors (Lipinski definition) is 0. The van der Waals surface area contributed by atoms with Gasteiger partial charge in [-0.1, -0.05) is 109 Å². The molecule has 8 heteroatoms. The van der Waals surface area contributed by atoms with Gasteiger partial charge in [-0.05, 0) is 37.9 Å². The standard InChI is InChI=1S/3C11H18N.C6H5O4Si/c3*1-12(2,3)10-9-11-7-5-4-6-8-11;7-11(8,9)10-6-4-2-1-3-5-6/h3*4-8H,9-10H2,1-3H3;1-5H/q3*+1;-3. The van der Waals surface area contributed by atoms with Crippen LogP contribution in [0.1, 0.15) is 16.7 Å². The summed E-state index contributed by atoms with van der Waals surface area (Å²) in [6, 6.07) is 39.6. The highest BCUT2D eigenvalue weighted by atomic mass is 28.4. The summed E-state index contributed by atoms with van der Waals surface area (Å²) in [4.78, 5) is 30.2. The van der Waals surface area contributed by atoms with Crippen molar-refractivity contribution in [3.8, 4) is 5.75 Å². The van der Waals surface area contributed by atoms with Crippen LogP contribution in [0.15, 0.2) is 121 Å². The van der Waals surface area contributed by atoms with Crippen molar-refractivity contribution in [3.63, 3.8) is 0 Å². The lowest BCUT2D eigenvalue weighted by molar-refractivity contribution is -0.870. The molecule has 0 atom stereocenters. The van der Waals surface area contributed by atoms with Crippen LogP contribution in [-0.4, -0.2) is 106 Å². The van der Waals surface area contributed by atoms with E-state index in [0.29, 0.717) is 0 Å². The van der Waals surface area contributed by atoms with Gasteiger partial charge >= 0.3 is 0 Å². The first kappa shape index (κ1) is 41.7. The highest BCUT2D eigenvalue weighted by molar-refractivity contribution is 6.43. The van der Waals surface area contributed by atoms with Crippen LogP contribution in [-0.2, 0) is 19.3 Å². The van der Waals surface area contributed by atoms with Gasteiger partial charge in [-0.25, -0.2) is 0 Å². The Hall–Kier alpha value is -3.34. The van der Waals surface area contributed by atoms with Crippen LogP contribution < -0.4 is 18.8 Å². The SMILES string of the molecule is C[N+](C)(C)CCc1ccccc1.C[N+](C)(C)CCc1ccccc1.C[N+](C)(C)CCc1ccccc1.[O-][Si]([O-])([O-])Oc1ccccc1. The van der Waals surface area contributed by atoms with Crippen LogP contribution in [0.3, 0.4) is 0 Å². The number of rotatable bonds is 11. The van der Waals surface area contributed by atoms with Gasteiger partial charge in [0.15, 0.2) is 0 Å². The lowest BCUT2D eigenvalue weighted by Gasteiger charge is -2.53. The van der Waals surface area contributed by atoms with E-state index in [1.807, 2.05) is 0 Å². The summed E-state index contributed by atoms with van der Waals surface area (Å²) in [6.07, 6.45) is 3.51. The number of quaternary nitrogens is 3. The molecule has 0 aliphatic heterocycles. The van der Waals surface area contributed by atoms with E-state index in [9.17, 15) is 14.4 Å². The van der Waals surface area contributed by atoms with E-state index >= 15 is 0 Å². The largest absolute Gasteiger partial charge is 0.851 e. The van der Waals surface area contributed by atoms with Crippen molar-refractivity contribution in [3.05, 3.63) is 138 Å². The molecule has 0 spiro atoms. The summed E-state index contributed by atoms with van der Waals surface area (Å²) in [5.41, 5.74) is 4.31. The molecule has 4 rings (SSSR count). The molecule has 258 valence electrons. The van der Waals surface area contributed by atoms with Crippen LogP contribution in [0.5, 0.6) is 5.75 Å². The summed E-state index contributed by atoms with van der Waals surface area (Å²) in [6.45, 7) is 3.60. The number of para-hydroxylation sites is 1. The zero-order chi connectivity index (χ0) is 35.4. The quantitative estimate of drug-likeness (QED) is 0.183. The molecule has 0 aliphatic rings. The molecule has 0 unspecified atom stereocenters. The summed E-state index contributed by atoms with van der Waals surface area (Å²) in [5, 5.41) is 0. The van der Waals surface area contributed by atoms with Gasteiger partial charge < -0.3 is 32.3 Å². The van der Waals surface area contributed by atoms with E-state index < -0.39 is 9.05 Å². The summed E-state index contributed by atoms with van der Waals surface area (Å²) in [5.74, 6) is 0.0548. The van der Waals surface area contributed by atoms with Gasteiger partial charge in [0.25, 0.3) is 0 Å². The monoisotopic (exact) mass is 661 g/mol. The Morgan fingerprint density at radius 3 is 0.851 bits per heavy atom. The van der Waals surface area contributed by atoms with E-state index in [0.717, 1.165) is 13.4 Å². The van der Waals surface area contributed by atoms with Gasteiger partial charge in [0.2, 0.25) is 0 Å². The van der Waals surface area contributed by atoms with Crippen molar-refractivity contribution in [2.75, 3.05) is 83.1 Å². The molecule has 0 radical (unpaired) electrons. The Kier molecular flexibility index (Phi) is 18.4. The third-order valence-electron chi connectivity index (χ3n) is 6.73. The van der Waals surface area contributed by atoms with E-state index in [-0.39, 0.29) is 5.75 Å². The van der Waals surface area contributed by atoms with Crippen molar-refractivity contribution in [2.24, 2.45) is 0 Å². The fraction of sp³-hybridized carbons (Fsp3) is 0.385. The maximum Gasteiger partial charge on any atom is 0.0989 e. The molecular weight excluding hydrogens is 603 g/mol. The number of benzene rings is 4. The molecule has 0 bridgehead atoms. The van der Waals surface area contributed by atoms with Gasteiger partial charge in [0.1, 0.15) is 0 Å². The van der Waals surface area contributed by atoms with Crippen molar-refractivity contribution >= 4 is 9.05 Å². The second kappa shape index (κ2) is 20.8. The second-order valence-electron chi connectivity index (χ2n) is 14.7. The summed E-state index contributed by atoms with van der Waals surface area (Å²) < 4.78 is 7.18. The molecular formula is C39H59N3O4Si. The van der Waals surface area contributed by atoms with E-state index in [2.05, 4.69) is 159 Å². The predicted octanol–water partition coefficient (Wildman–Crippen LogP) is 3.39. The Balaban J connectivity index is 0.000000314. The van der Waals surface area contributed by atoms with Crippen molar-refractivity contribution in [2.45, 2.75) is 19.3 Å². The minimum atomic E-state index is -5.15. The Bertz CT molecular complexity index is 1190. The molecule has 0 saturated carbocycles. The first-order valence-corrected chi connectivity index (χ1v) is 17.8. The normalized spacial score (nSPS) is 11.5. The smallest absolute Gasteiger partial charge is 0.0989 e. The highest BCUT2D eigenvalue weighted by Gasteiger charge is 2.07. The van der Waals surface area contributed by atoms with Crippen LogP contribution in [0.25, 0.3) is 0 Å². The van der Waals surface area contributed by atoms with E-state index in [4.69, 9.17) is 0 Å². The third-order valence-corrected chi connectivity index (χ3v) is 7.21. The zero-order valence-electron chi connectivity index (χ0n) is 30.3. The lowest BCUT2D eigenvalue weighted by atomic mass is 10.1. The fourth-order valence-electron chi connectivity index (χ4n) is 3.96. The van der Waals surface area contributed by atoms with Gasteiger partial charge in [-0.2, -0.15) is 0 Å². The molecule has 4 aromatic carbocycles. The van der Waals surface area contributed by atoms with Crippen molar-refractivity contribution in [1.29, 1.82) is 0 Å². The van der Waals surface area contributed by atoms with Gasteiger partial charge in [0, 0.05) is 19.3 Å². The molecule has 47 heavy (non-hydrogen) atoms. The predicted molar refractivity (Wildman–Crippen MR) is 192 cm³/mol. The average molecular weight is 662 g/mol. The maximum atomic E-state index is 10.1. The Morgan fingerprint density at radius 2 is 0.638 bits per heavy atom. The third kappa shape index (κ3) is 26.4. The number of nitrogens with zero attached hydrogens (tertiary/aromatic N) is 3. The lowest BCUT2D eigenvalue weighted by Crippen LogP contribution is -2.77. The van der Waals surface area contributed by atoms with Crippen LogP contribution in [0.4, 0.5) is 0 Å². The van der Waals surface area contributed by atoms with E-state index in [1.54, 1.807) is 18.2 Å².